The molecule has 3 N–H and O–H groups in total. The number of amides is 2. The zero-order chi connectivity index (χ0) is 25.0. The van der Waals surface area contributed by atoms with Crippen LogP contribution in [0.2, 0.25) is 5.02 Å². The molecule has 1 aromatic heterocycles. The van der Waals surface area contributed by atoms with E-state index in [0.29, 0.717) is 5.56 Å². The molecule has 2 amide bonds. The number of benzene rings is 3. The van der Waals surface area contributed by atoms with Crippen LogP contribution in [0.4, 0.5) is 13.2 Å². The Hall–Kier alpha value is -3.78. The van der Waals surface area contributed by atoms with E-state index in [1.54, 1.807) is 30.5 Å². The van der Waals surface area contributed by atoms with Gasteiger partial charge in [0.2, 0.25) is 5.91 Å². The summed E-state index contributed by atoms with van der Waals surface area (Å²) in [6.45, 7) is 0.00329. The lowest BCUT2D eigenvalue weighted by atomic mass is 10.0. The summed E-state index contributed by atoms with van der Waals surface area (Å²) in [5.41, 5.74) is 1.68. The van der Waals surface area contributed by atoms with Gasteiger partial charge in [-0.3, -0.25) is 9.59 Å². The van der Waals surface area contributed by atoms with Crippen molar-refractivity contribution in [2.45, 2.75) is 25.2 Å². The van der Waals surface area contributed by atoms with Crippen LogP contribution in [0.25, 0.3) is 10.9 Å². The first-order chi connectivity index (χ1) is 16.7. The smallest absolute Gasteiger partial charge is 0.361 e. The van der Waals surface area contributed by atoms with E-state index in [1.807, 2.05) is 24.3 Å². The first-order valence-electron chi connectivity index (χ1n) is 10.8. The van der Waals surface area contributed by atoms with Crippen LogP contribution in [-0.2, 0) is 23.9 Å². The number of aromatic amines is 1. The van der Waals surface area contributed by atoms with Crippen LogP contribution in [0.15, 0.2) is 79.0 Å². The van der Waals surface area contributed by atoms with Crippen LogP contribution in [0.3, 0.4) is 0 Å². The lowest BCUT2D eigenvalue weighted by molar-refractivity contribution is -0.137. The van der Waals surface area contributed by atoms with Crippen LogP contribution in [0, 0.1) is 0 Å². The summed E-state index contributed by atoms with van der Waals surface area (Å²) < 4.78 is 38.4. The van der Waals surface area contributed by atoms with Crippen molar-refractivity contribution < 1.29 is 22.8 Å². The van der Waals surface area contributed by atoms with Crippen molar-refractivity contribution >= 4 is 34.3 Å². The monoisotopic (exact) mass is 499 g/mol. The standard InChI is InChI=1S/C26H21ClF3N3O2/c27-21-7-3-1-6-20(21)24(34)33-23(13-17-15-31-22-8-4-2-5-19(17)22)25(35)32-14-16-9-11-18(12-10-16)26(28,29)30/h1-12,15,23,31H,13-14H2,(H,32,35)(H,33,34). The van der Waals surface area contributed by atoms with Gasteiger partial charge in [-0.15, -0.1) is 0 Å². The van der Waals surface area contributed by atoms with E-state index >= 15 is 0 Å². The molecule has 35 heavy (non-hydrogen) atoms. The Morgan fingerprint density at radius 1 is 0.943 bits per heavy atom. The predicted molar refractivity (Wildman–Crippen MR) is 128 cm³/mol. The molecule has 1 atom stereocenters. The third kappa shape index (κ3) is 5.84. The van der Waals surface area contributed by atoms with Crippen molar-refractivity contribution in [3.63, 3.8) is 0 Å². The summed E-state index contributed by atoms with van der Waals surface area (Å²) in [4.78, 5) is 29.1. The largest absolute Gasteiger partial charge is 0.416 e. The van der Waals surface area contributed by atoms with Crippen LogP contribution in [0.5, 0.6) is 0 Å². The molecule has 4 aromatic rings. The zero-order valence-corrected chi connectivity index (χ0v) is 19.1. The topological polar surface area (TPSA) is 74.0 Å². The fourth-order valence-corrected chi connectivity index (χ4v) is 3.96. The minimum atomic E-state index is -4.44. The number of halogens is 4. The second kappa shape index (κ2) is 10.2. The van der Waals surface area contributed by atoms with Crippen molar-refractivity contribution in [1.82, 2.24) is 15.6 Å². The molecule has 1 unspecified atom stereocenters. The molecule has 5 nitrogen and oxygen atoms in total. The van der Waals surface area contributed by atoms with E-state index in [4.69, 9.17) is 11.6 Å². The maximum atomic E-state index is 13.1. The SMILES string of the molecule is O=C(NC(Cc1c[nH]c2ccccc12)C(=O)NCc1ccc(C(F)(F)F)cc1)c1ccccc1Cl. The van der Waals surface area contributed by atoms with Gasteiger partial charge < -0.3 is 15.6 Å². The molecule has 0 saturated carbocycles. The average molecular weight is 500 g/mol. The second-order valence-electron chi connectivity index (χ2n) is 7.98. The van der Waals surface area contributed by atoms with Gasteiger partial charge in [-0.05, 0) is 41.5 Å². The quantitative estimate of drug-likeness (QED) is 0.314. The lowest BCUT2D eigenvalue weighted by Crippen LogP contribution is -2.47. The van der Waals surface area contributed by atoms with E-state index < -0.39 is 29.6 Å². The molecule has 1 heterocycles. The summed E-state index contributed by atoms with van der Waals surface area (Å²) in [5, 5.41) is 6.62. The van der Waals surface area contributed by atoms with Gasteiger partial charge in [-0.25, -0.2) is 0 Å². The van der Waals surface area contributed by atoms with Crippen molar-refractivity contribution in [1.29, 1.82) is 0 Å². The highest BCUT2D eigenvalue weighted by atomic mass is 35.5. The number of rotatable bonds is 7. The van der Waals surface area contributed by atoms with Gasteiger partial charge >= 0.3 is 6.18 Å². The highest BCUT2D eigenvalue weighted by molar-refractivity contribution is 6.33. The molecule has 3 aromatic carbocycles. The summed E-state index contributed by atoms with van der Waals surface area (Å²) in [7, 11) is 0. The Morgan fingerprint density at radius 2 is 1.63 bits per heavy atom. The van der Waals surface area contributed by atoms with Gasteiger partial charge in [0, 0.05) is 30.1 Å². The molecule has 0 bridgehead atoms. The van der Waals surface area contributed by atoms with Gasteiger partial charge in [0.15, 0.2) is 0 Å². The van der Waals surface area contributed by atoms with E-state index in [0.717, 1.165) is 28.6 Å². The summed E-state index contributed by atoms with van der Waals surface area (Å²) in [5.74, 6) is -0.985. The predicted octanol–water partition coefficient (Wildman–Crippen LogP) is 5.50. The van der Waals surface area contributed by atoms with E-state index in [9.17, 15) is 22.8 Å². The third-order valence-corrected chi connectivity index (χ3v) is 5.92. The average Bonchev–Trinajstić information content (AvgIpc) is 3.25. The molecular formula is C26H21ClF3N3O2. The molecule has 0 saturated heterocycles. The molecule has 4 rings (SSSR count). The fraction of sp³-hybridized carbons (Fsp3) is 0.154. The van der Waals surface area contributed by atoms with Crippen molar-refractivity contribution in [3.8, 4) is 0 Å². The number of carbonyl (C=O) groups excluding carboxylic acids is 2. The maximum Gasteiger partial charge on any atom is 0.416 e. The molecule has 0 fully saturated rings. The number of alkyl halides is 3. The lowest BCUT2D eigenvalue weighted by Gasteiger charge is -2.19. The van der Waals surface area contributed by atoms with Crippen LogP contribution >= 0.6 is 11.6 Å². The first kappa shape index (κ1) is 24.3. The van der Waals surface area contributed by atoms with E-state index in [-0.39, 0.29) is 23.6 Å². The Kier molecular flexibility index (Phi) is 7.12. The third-order valence-electron chi connectivity index (χ3n) is 5.59. The highest BCUT2D eigenvalue weighted by Gasteiger charge is 2.30. The Labute approximate surface area is 204 Å². The molecule has 180 valence electrons. The van der Waals surface area contributed by atoms with Gasteiger partial charge in [0.1, 0.15) is 6.04 Å². The highest BCUT2D eigenvalue weighted by Crippen LogP contribution is 2.29. The maximum absolute atomic E-state index is 13.1. The zero-order valence-electron chi connectivity index (χ0n) is 18.3. The normalized spacial score (nSPS) is 12.3. The van der Waals surface area contributed by atoms with Gasteiger partial charge in [-0.2, -0.15) is 13.2 Å². The number of nitrogens with one attached hydrogen (secondary N) is 3. The molecule has 0 aliphatic heterocycles. The van der Waals surface area contributed by atoms with E-state index in [1.165, 1.54) is 12.1 Å². The first-order valence-corrected chi connectivity index (χ1v) is 11.1. The minimum absolute atomic E-state index is 0.00329. The number of para-hydroxylation sites is 1. The Bertz CT molecular complexity index is 1350. The van der Waals surface area contributed by atoms with Crippen molar-refractivity contribution in [3.05, 3.63) is 106 Å². The molecule has 0 spiro atoms. The van der Waals surface area contributed by atoms with Gasteiger partial charge in [0.25, 0.3) is 5.91 Å². The minimum Gasteiger partial charge on any atom is -0.361 e. The molecule has 0 aliphatic carbocycles. The van der Waals surface area contributed by atoms with Crippen molar-refractivity contribution in [2.24, 2.45) is 0 Å². The van der Waals surface area contributed by atoms with Crippen LogP contribution in [0.1, 0.15) is 27.0 Å². The number of hydrogen-bond donors (Lipinski definition) is 3. The summed E-state index contributed by atoms with van der Waals surface area (Å²) in [6.07, 6.45) is -2.46. The van der Waals surface area contributed by atoms with Crippen molar-refractivity contribution in [2.75, 3.05) is 0 Å². The second-order valence-corrected chi connectivity index (χ2v) is 8.39. The Morgan fingerprint density at radius 3 is 2.34 bits per heavy atom. The Balaban J connectivity index is 1.52. The van der Waals surface area contributed by atoms with Gasteiger partial charge in [0.05, 0.1) is 16.1 Å². The fourth-order valence-electron chi connectivity index (χ4n) is 3.73. The number of H-pyrrole nitrogens is 1. The van der Waals surface area contributed by atoms with Crippen LogP contribution in [-0.4, -0.2) is 22.8 Å². The van der Waals surface area contributed by atoms with Gasteiger partial charge in [-0.1, -0.05) is 54.1 Å². The molecule has 9 heteroatoms. The molecule has 0 radical (unpaired) electrons. The molecular weight excluding hydrogens is 479 g/mol. The van der Waals surface area contributed by atoms with Crippen LogP contribution < -0.4 is 10.6 Å². The summed E-state index contributed by atoms with van der Waals surface area (Å²) in [6, 6.07) is 17.7. The number of fused-ring (bicyclic) bond motifs is 1. The number of carbonyl (C=O) groups is 2. The van der Waals surface area contributed by atoms with E-state index in [2.05, 4.69) is 15.6 Å². The molecule has 0 aliphatic rings. The summed E-state index contributed by atoms with van der Waals surface area (Å²) >= 11 is 6.14. The number of aromatic nitrogens is 1. The number of hydrogen-bond acceptors (Lipinski definition) is 2.